The minimum absolute atomic E-state index is 0.0817. The molecule has 2 N–H and O–H groups in total. The molecule has 130 valence electrons. The van der Waals surface area contributed by atoms with E-state index in [1.54, 1.807) is 6.07 Å². The molecule has 2 aromatic rings. The van der Waals surface area contributed by atoms with Gasteiger partial charge in [0.1, 0.15) is 0 Å². The van der Waals surface area contributed by atoms with Crippen molar-refractivity contribution < 1.29 is 14.5 Å². The first-order valence-electron chi connectivity index (χ1n) is 7.12. The average Bonchev–Trinajstić information content (AvgIpc) is 2.61. The number of amides is 2. The summed E-state index contributed by atoms with van der Waals surface area (Å²) in [5, 5.41) is 11.3. The van der Waals surface area contributed by atoms with Gasteiger partial charge in [-0.3, -0.25) is 30.6 Å². The fraction of sp³-hybridized carbons (Fsp3) is 0.125. The van der Waals surface area contributed by atoms with E-state index in [4.69, 9.17) is 11.6 Å². The molecule has 0 bridgehead atoms. The van der Waals surface area contributed by atoms with Gasteiger partial charge in [-0.1, -0.05) is 35.9 Å². The zero-order valence-corrected chi connectivity index (χ0v) is 14.5. The molecule has 0 aliphatic heterocycles. The van der Waals surface area contributed by atoms with E-state index in [1.807, 2.05) is 18.2 Å². The van der Waals surface area contributed by atoms with Gasteiger partial charge in [-0.15, -0.1) is 11.8 Å². The number of halogens is 1. The second kappa shape index (κ2) is 9.05. The molecule has 2 aromatic carbocycles. The Morgan fingerprint density at radius 1 is 1.12 bits per heavy atom. The second-order valence-electron chi connectivity index (χ2n) is 4.89. The van der Waals surface area contributed by atoms with Gasteiger partial charge in [-0.05, 0) is 17.7 Å². The highest BCUT2D eigenvalue weighted by Crippen LogP contribution is 2.20. The zero-order valence-electron chi connectivity index (χ0n) is 12.9. The van der Waals surface area contributed by atoms with Crippen molar-refractivity contribution in [2.24, 2.45) is 0 Å². The highest BCUT2D eigenvalue weighted by Gasteiger charge is 2.12. The predicted octanol–water partition coefficient (Wildman–Crippen LogP) is 2.94. The van der Waals surface area contributed by atoms with E-state index in [0.717, 1.165) is 11.6 Å². The van der Waals surface area contributed by atoms with Crippen LogP contribution in [0.15, 0.2) is 48.5 Å². The zero-order chi connectivity index (χ0) is 18.2. The van der Waals surface area contributed by atoms with E-state index < -0.39 is 16.7 Å². The maximum absolute atomic E-state index is 11.9. The SMILES string of the molecule is O=C(CSCc1ccccc1Cl)NNC(=O)c1cccc([N+](=O)[O-])c1. The Morgan fingerprint density at radius 3 is 2.60 bits per heavy atom. The third-order valence-electron chi connectivity index (χ3n) is 3.08. The lowest BCUT2D eigenvalue weighted by Crippen LogP contribution is -2.42. The first kappa shape index (κ1) is 18.8. The minimum Gasteiger partial charge on any atom is -0.272 e. The van der Waals surface area contributed by atoms with Crippen LogP contribution in [0.25, 0.3) is 0 Å². The third kappa shape index (κ3) is 5.77. The summed E-state index contributed by atoms with van der Waals surface area (Å²) < 4.78 is 0. The Bertz CT molecular complexity index is 800. The van der Waals surface area contributed by atoms with E-state index in [9.17, 15) is 19.7 Å². The molecule has 0 aromatic heterocycles. The number of non-ortho nitro benzene ring substituents is 1. The number of hydrazine groups is 1. The van der Waals surface area contributed by atoms with Crippen LogP contribution in [0, 0.1) is 10.1 Å². The molecule has 0 spiro atoms. The number of rotatable bonds is 6. The van der Waals surface area contributed by atoms with Crippen molar-refractivity contribution in [3.8, 4) is 0 Å². The molecular weight excluding hydrogens is 366 g/mol. The van der Waals surface area contributed by atoms with Gasteiger partial charge in [-0.25, -0.2) is 0 Å². The molecule has 25 heavy (non-hydrogen) atoms. The van der Waals surface area contributed by atoms with Crippen molar-refractivity contribution in [3.05, 3.63) is 74.8 Å². The maximum atomic E-state index is 11.9. The smallest absolute Gasteiger partial charge is 0.270 e. The van der Waals surface area contributed by atoms with Crippen LogP contribution in [0.4, 0.5) is 5.69 Å². The first-order chi connectivity index (χ1) is 12.0. The summed E-state index contributed by atoms with van der Waals surface area (Å²) in [5.74, 6) is -0.337. The topological polar surface area (TPSA) is 101 Å². The van der Waals surface area contributed by atoms with E-state index in [-0.39, 0.29) is 17.0 Å². The number of nitrogens with one attached hydrogen (secondary N) is 2. The number of benzene rings is 2. The molecular formula is C16H14ClN3O4S. The van der Waals surface area contributed by atoms with E-state index in [0.29, 0.717) is 10.8 Å². The van der Waals surface area contributed by atoms with Crippen molar-refractivity contribution >= 4 is 40.9 Å². The van der Waals surface area contributed by atoms with E-state index in [2.05, 4.69) is 10.9 Å². The number of nitro benzene ring substituents is 1. The molecule has 7 nitrogen and oxygen atoms in total. The predicted molar refractivity (Wildman–Crippen MR) is 96.3 cm³/mol. The average molecular weight is 380 g/mol. The number of carbonyl (C=O) groups excluding carboxylic acids is 2. The number of nitro groups is 1. The quantitative estimate of drug-likeness (QED) is 0.593. The van der Waals surface area contributed by atoms with Gasteiger partial charge in [0, 0.05) is 28.5 Å². The van der Waals surface area contributed by atoms with Crippen LogP contribution in [0.5, 0.6) is 0 Å². The molecule has 0 unspecified atom stereocenters. The van der Waals surface area contributed by atoms with Gasteiger partial charge in [0.2, 0.25) is 5.91 Å². The first-order valence-corrected chi connectivity index (χ1v) is 8.65. The molecule has 0 atom stereocenters. The van der Waals surface area contributed by atoms with Gasteiger partial charge < -0.3 is 0 Å². The molecule has 0 heterocycles. The van der Waals surface area contributed by atoms with Crippen LogP contribution in [0.3, 0.4) is 0 Å². The molecule has 0 fully saturated rings. The maximum Gasteiger partial charge on any atom is 0.270 e. The Kier molecular flexibility index (Phi) is 6.79. The number of nitrogens with zero attached hydrogens (tertiary/aromatic N) is 1. The molecule has 9 heteroatoms. The molecule has 0 aliphatic carbocycles. The third-order valence-corrected chi connectivity index (χ3v) is 4.43. The number of hydrogen-bond donors (Lipinski definition) is 2. The Balaban J connectivity index is 1.78. The second-order valence-corrected chi connectivity index (χ2v) is 6.29. The Labute approximate surface area is 152 Å². The molecule has 0 radical (unpaired) electrons. The van der Waals surface area contributed by atoms with Crippen LogP contribution in [-0.4, -0.2) is 22.5 Å². The summed E-state index contributed by atoms with van der Waals surface area (Å²) >= 11 is 7.37. The molecule has 0 saturated heterocycles. The summed E-state index contributed by atoms with van der Waals surface area (Å²) in [5.41, 5.74) is 5.29. The van der Waals surface area contributed by atoms with Crippen molar-refractivity contribution in [3.63, 3.8) is 0 Å². The fourth-order valence-corrected chi connectivity index (χ4v) is 2.98. The van der Waals surface area contributed by atoms with Crippen LogP contribution in [0.1, 0.15) is 15.9 Å². The molecule has 2 amide bonds. The van der Waals surface area contributed by atoms with Crippen LogP contribution < -0.4 is 10.9 Å². The minimum atomic E-state index is -0.631. The van der Waals surface area contributed by atoms with Gasteiger partial charge in [0.25, 0.3) is 11.6 Å². The molecule has 0 aliphatic rings. The number of carbonyl (C=O) groups is 2. The van der Waals surface area contributed by atoms with Crippen molar-refractivity contribution in [1.29, 1.82) is 0 Å². The van der Waals surface area contributed by atoms with Crippen molar-refractivity contribution in [2.75, 3.05) is 5.75 Å². The normalized spacial score (nSPS) is 10.1. The van der Waals surface area contributed by atoms with E-state index >= 15 is 0 Å². The Morgan fingerprint density at radius 2 is 1.88 bits per heavy atom. The van der Waals surface area contributed by atoms with Crippen molar-refractivity contribution in [2.45, 2.75) is 5.75 Å². The molecule has 2 rings (SSSR count). The summed E-state index contributed by atoms with van der Waals surface area (Å²) in [7, 11) is 0. The lowest BCUT2D eigenvalue weighted by molar-refractivity contribution is -0.384. The van der Waals surface area contributed by atoms with Gasteiger partial charge in [0.05, 0.1) is 10.7 Å². The van der Waals surface area contributed by atoms with Gasteiger partial charge in [0.15, 0.2) is 0 Å². The standard InChI is InChI=1S/C16H14ClN3O4S/c17-14-7-2-1-4-12(14)9-25-10-15(21)18-19-16(22)11-5-3-6-13(8-11)20(23)24/h1-8H,9-10H2,(H,18,21)(H,19,22). The molecule has 0 saturated carbocycles. The lowest BCUT2D eigenvalue weighted by atomic mass is 10.2. The van der Waals surface area contributed by atoms with Crippen LogP contribution >= 0.6 is 23.4 Å². The number of thioether (sulfide) groups is 1. The van der Waals surface area contributed by atoms with Gasteiger partial charge in [-0.2, -0.15) is 0 Å². The highest BCUT2D eigenvalue weighted by molar-refractivity contribution is 7.99. The largest absolute Gasteiger partial charge is 0.272 e. The Hall–Kier alpha value is -2.58. The highest BCUT2D eigenvalue weighted by atomic mass is 35.5. The summed E-state index contributed by atoms with van der Waals surface area (Å²) in [6, 6.07) is 12.6. The fourth-order valence-electron chi connectivity index (χ4n) is 1.86. The van der Waals surface area contributed by atoms with Crippen molar-refractivity contribution in [1.82, 2.24) is 10.9 Å². The monoisotopic (exact) mass is 379 g/mol. The summed E-state index contributed by atoms with van der Waals surface area (Å²) in [4.78, 5) is 33.7. The van der Waals surface area contributed by atoms with Crippen LogP contribution in [0.2, 0.25) is 5.02 Å². The summed E-state index contributed by atoms with van der Waals surface area (Å²) in [6.45, 7) is 0. The summed E-state index contributed by atoms with van der Waals surface area (Å²) in [6.07, 6.45) is 0. The van der Waals surface area contributed by atoms with E-state index in [1.165, 1.54) is 30.0 Å². The van der Waals surface area contributed by atoms with Crippen LogP contribution in [-0.2, 0) is 10.5 Å². The number of hydrogen-bond acceptors (Lipinski definition) is 5. The van der Waals surface area contributed by atoms with Gasteiger partial charge >= 0.3 is 0 Å². The lowest BCUT2D eigenvalue weighted by Gasteiger charge is -2.08.